The van der Waals surface area contributed by atoms with Crippen LogP contribution in [-0.4, -0.2) is 21.0 Å². The zero-order valence-electron chi connectivity index (χ0n) is 11.9. The van der Waals surface area contributed by atoms with E-state index < -0.39 is 32.6 Å². The standard InChI is InChI=1S/C14H17F2N3O2S/c15-11-5-9(7-17)6-12(16)14(11)22(20,21)19-13-4-2-1-3-10(13)8-18/h5-6,10,13,19H,1-4,8,18H2/t10-,13+/m0/s1. The first-order valence-corrected chi connectivity index (χ1v) is 8.49. The summed E-state index contributed by atoms with van der Waals surface area (Å²) in [5, 5.41) is 8.65. The lowest BCUT2D eigenvalue weighted by atomic mass is 9.85. The second-order valence-electron chi connectivity index (χ2n) is 5.39. The van der Waals surface area contributed by atoms with Gasteiger partial charge in [-0.05, 0) is 37.4 Å². The lowest BCUT2D eigenvalue weighted by Crippen LogP contribution is -2.45. The van der Waals surface area contributed by atoms with Gasteiger partial charge in [-0.15, -0.1) is 0 Å². The van der Waals surface area contributed by atoms with Crippen LogP contribution in [0.2, 0.25) is 0 Å². The van der Waals surface area contributed by atoms with Crippen molar-refractivity contribution < 1.29 is 17.2 Å². The Morgan fingerprint density at radius 1 is 1.27 bits per heavy atom. The topological polar surface area (TPSA) is 96.0 Å². The molecule has 0 spiro atoms. The molecule has 1 aromatic rings. The Labute approximate surface area is 128 Å². The summed E-state index contributed by atoms with van der Waals surface area (Å²) < 4.78 is 54.7. The summed E-state index contributed by atoms with van der Waals surface area (Å²) in [6.45, 7) is 0.311. The third-order valence-corrected chi connectivity index (χ3v) is 5.45. The molecular formula is C14H17F2N3O2S. The molecule has 0 bridgehead atoms. The highest BCUT2D eigenvalue weighted by Crippen LogP contribution is 2.27. The van der Waals surface area contributed by atoms with Crippen LogP contribution in [0.3, 0.4) is 0 Å². The predicted octanol–water partition coefficient (Wildman–Crippen LogP) is 1.63. The van der Waals surface area contributed by atoms with Crippen LogP contribution in [0.25, 0.3) is 0 Å². The molecule has 1 aliphatic carbocycles. The largest absolute Gasteiger partial charge is 0.330 e. The van der Waals surface area contributed by atoms with Crippen LogP contribution < -0.4 is 10.5 Å². The SMILES string of the molecule is N#Cc1cc(F)c(S(=O)(=O)N[C@@H]2CCCC[C@H]2CN)c(F)c1. The van der Waals surface area contributed by atoms with Crippen molar-refractivity contribution >= 4 is 10.0 Å². The van der Waals surface area contributed by atoms with Gasteiger partial charge in [0.05, 0.1) is 11.6 Å². The second kappa shape index (κ2) is 6.69. The molecular weight excluding hydrogens is 312 g/mol. The van der Waals surface area contributed by atoms with E-state index in [-0.39, 0.29) is 11.5 Å². The predicted molar refractivity (Wildman–Crippen MR) is 76.2 cm³/mol. The molecule has 22 heavy (non-hydrogen) atoms. The van der Waals surface area contributed by atoms with E-state index in [9.17, 15) is 17.2 Å². The second-order valence-corrected chi connectivity index (χ2v) is 7.04. The summed E-state index contributed by atoms with van der Waals surface area (Å²) in [5.41, 5.74) is 5.36. The molecule has 0 unspecified atom stereocenters. The number of benzene rings is 1. The fourth-order valence-electron chi connectivity index (χ4n) is 2.78. The smallest absolute Gasteiger partial charge is 0.246 e. The molecule has 2 rings (SSSR count). The summed E-state index contributed by atoms with van der Waals surface area (Å²) in [6.07, 6.45) is 3.16. The average Bonchev–Trinajstić information content (AvgIpc) is 2.46. The Morgan fingerprint density at radius 2 is 1.86 bits per heavy atom. The molecule has 1 aromatic carbocycles. The summed E-state index contributed by atoms with van der Waals surface area (Å²) in [6, 6.07) is 2.56. The molecule has 1 saturated carbocycles. The van der Waals surface area contributed by atoms with Crippen molar-refractivity contribution in [2.24, 2.45) is 11.7 Å². The van der Waals surface area contributed by atoms with Crippen LogP contribution in [0.4, 0.5) is 8.78 Å². The zero-order chi connectivity index (χ0) is 16.3. The highest BCUT2D eigenvalue weighted by atomic mass is 32.2. The maximum absolute atomic E-state index is 13.9. The van der Waals surface area contributed by atoms with Crippen LogP contribution in [0.15, 0.2) is 17.0 Å². The van der Waals surface area contributed by atoms with E-state index in [2.05, 4.69) is 4.72 Å². The number of halogens is 2. The number of hydrogen-bond donors (Lipinski definition) is 2. The minimum absolute atomic E-state index is 0.0481. The van der Waals surface area contributed by atoms with Gasteiger partial charge in [0, 0.05) is 6.04 Å². The average molecular weight is 329 g/mol. The molecule has 0 saturated heterocycles. The number of sulfonamides is 1. The van der Waals surface area contributed by atoms with Crippen molar-refractivity contribution in [3.8, 4) is 6.07 Å². The van der Waals surface area contributed by atoms with Gasteiger partial charge < -0.3 is 5.73 Å². The fourth-order valence-corrected chi connectivity index (χ4v) is 4.24. The Morgan fingerprint density at radius 3 is 2.41 bits per heavy atom. The number of hydrogen-bond acceptors (Lipinski definition) is 4. The number of nitrogens with zero attached hydrogens (tertiary/aromatic N) is 1. The van der Waals surface area contributed by atoms with Crippen LogP contribution in [0.5, 0.6) is 0 Å². The Hall–Kier alpha value is -1.56. The number of nitrogens with two attached hydrogens (primary N) is 1. The molecule has 5 nitrogen and oxygen atoms in total. The van der Waals surface area contributed by atoms with Gasteiger partial charge in [-0.25, -0.2) is 21.9 Å². The van der Waals surface area contributed by atoms with Crippen molar-refractivity contribution in [2.45, 2.75) is 36.6 Å². The third kappa shape index (κ3) is 3.43. The molecule has 2 atom stereocenters. The van der Waals surface area contributed by atoms with Crippen molar-refractivity contribution in [1.82, 2.24) is 4.72 Å². The molecule has 8 heteroatoms. The Bertz CT molecular complexity index is 678. The van der Waals surface area contributed by atoms with Gasteiger partial charge in [0.2, 0.25) is 10.0 Å². The quantitative estimate of drug-likeness (QED) is 0.877. The summed E-state index contributed by atoms with van der Waals surface area (Å²) in [4.78, 5) is -1.05. The summed E-state index contributed by atoms with van der Waals surface area (Å²) >= 11 is 0. The van der Waals surface area contributed by atoms with Crippen molar-refractivity contribution in [3.63, 3.8) is 0 Å². The number of nitrogens with one attached hydrogen (secondary N) is 1. The first-order valence-electron chi connectivity index (χ1n) is 7.00. The molecule has 1 aliphatic rings. The molecule has 0 aliphatic heterocycles. The highest BCUT2D eigenvalue weighted by molar-refractivity contribution is 7.89. The van der Waals surface area contributed by atoms with Crippen molar-refractivity contribution in [2.75, 3.05) is 6.54 Å². The lowest BCUT2D eigenvalue weighted by molar-refractivity contribution is 0.295. The van der Waals surface area contributed by atoms with Gasteiger partial charge in [-0.1, -0.05) is 12.8 Å². The van der Waals surface area contributed by atoms with Crippen molar-refractivity contribution in [3.05, 3.63) is 29.3 Å². The molecule has 120 valence electrons. The maximum atomic E-state index is 13.9. The minimum atomic E-state index is -4.35. The Balaban J connectivity index is 2.33. The lowest BCUT2D eigenvalue weighted by Gasteiger charge is -2.31. The van der Waals surface area contributed by atoms with Crippen molar-refractivity contribution in [1.29, 1.82) is 5.26 Å². The van der Waals surface area contributed by atoms with E-state index in [4.69, 9.17) is 11.0 Å². The molecule has 3 N–H and O–H groups in total. The maximum Gasteiger partial charge on any atom is 0.246 e. The first-order chi connectivity index (χ1) is 10.4. The van der Waals surface area contributed by atoms with Gasteiger partial charge in [-0.2, -0.15) is 5.26 Å². The van der Waals surface area contributed by atoms with Gasteiger partial charge in [0.1, 0.15) is 11.6 Å². The van der Waals surface area contributed by atoms with Gasteiger partial charge in [0.15, 0.2) is 4.90 Å². The van der Waals surface area contributed by atoms with Gasteiger partial charge in [-0.3, -0.25) is 0 Å². The van der Waals surface area contributed by atoms with Crippen LogP contribution >= 0.6 is 0 Å². The summed E-state index contributed by atoms with van der Waals surface area (Å²) in [7, 11) is -4.35. The molecule has 0 heterocycles. The molecule has 1 fully saturated rings. The zero-order valence-corrected chi connectivity index (χ0v) is 12.7. The van der Waals surface area contributed by atoms with E-state index in [0.29, 0.717) is 25.1 Å². The molecule has 0 amide bonds. The highest BCUT2D eigenvalue weighted by Gasteiger charge is 2.32. The normalized spacial score (nSPS) is 22.3. The molecule has 0 aromatic heterocycles. The van der Waals surface area contributed by atoms with E-state index in [0.717, 1.165) is 19.3 Å². The molecule has 0 radical (unpaired) electrons. The van der Waals surface area contributed by atoms with Crippen LogP contribution in [0, 0.1) is 28.9 Å². The summed E-state index contributed by atoms with van der Waals surface area (Å²) in [5.74, 6) is -2.60. The Kier molecular flexibility index (Phi) is 5.11. The fraction of sp³-hybridized carbons (Fsp3) is 0.500. The van der Waals surface area contributed by atoms with E-state index in [1.54, 1.807) is 6.07 Å². The van der Waals surface area contributed by atoms with E-state index in [1.807, 2.05) is 0 Å². The first kappa shape index (κ1) is 16.8. The third-order valence-electron chi connectivity index (χ3n) is 3.91. The monoisotopic (exact) mass is 329 g/mol. The van der Waals surface area contributed by atoms with E-state index in [1.165, 1.54) is 0 Å². The minimum Gasteiger partial charge on any atom is -0.330 e. The van der Waals surface area contributed by atoms with E-state index >= 15 is 0 Å². The van der Waals surface area contributed by atoms with Gasteiger partial charge in [0.25, 0.3) is 0 Å². The van der Waals surface area contributed by atoms with Crippen LogP contribution in [-0.2, 0) is 10.0 Å². The number of nitriles is 1. The number of rotatable bonds is 4. The van der Waals surface area contributed by atoms with Crippen LogP contribution in [0.1, 0.15) is 31.2 Å². The van der Waals surface area contributed by atoms with Gasteiger partial charge >= 0.3 is 0 Å².